The summed E-state index contributed by atoms with van der Waals surface area (Å²) in [5.74, 6) is 0. The van der Waals surface area contributed by atoms with Crippen molar-refractivity contribution in [3.8, 4) is 6.07 Å². The first-order chi connectivity index (χ1) is 4.77. The summed E-state index contributed by atoms with van der Waals surface area (Å²) in [5, 5.41) is 8.63. The van der Waals surface area contributed by atoms with Crippen LogP contribution in [0, 0.1) is 11.3 Å². The van der Waals surface area contributed by atoms with Gasteiger partial charge in [-0.25, -0.2) is 0 Å². The molecule has 0 fully saturated rings. The lowest BCUT2D eigenvalue weighted by Crippen LogP contribution is -2.36. The highest BCUT2D eigenvalue weighted by molar-refractivity contribution is 6.76. The van der Waals surface area contributed by atoms with E-state index in [9.17, 15) is 0 Å². The maximum Gasteiger partial charge on any atom is 0.101 e. The molecule has 0 aliphatic rings. The van der Waals surface area contributed by atoms with Gasteiger partial charge in [-0.05, 0) is 13.3 Å². The van der Waals surface area contributed by atoms with Gasteiger partial charge in [0.1, 0.15) is 5.54 Å². The molecule has 0 spiro atoms. The van der Waals surface area contributed by atoms with Crippen molar-refractivity contribution >= 4 is 8.07 Å². The van der Waals surface area contributed by atoms with Gasteiger partial charge in [0.05, 0.1) is 6.07 Å². The number of nitrogens with two attached hydrogens (primary N) is 1. The smallest absolute Gasteiger partial charge is 0.101 e. The highest BCUT2D eigenvalue weighted by Crippen LogP contribution is 2.16. The summed E-state index contributed by atoms with van der Waals surface area (Å²) in [6.45, 7) is 8.68. The Hall–Kier alpha value is -0.333. The summed E-state index contributed by atoms with van der Waals surface area (Å²) < 4.78 is 0. The lowest BCUT2D eigenvalue weighted by Gasteiger charge is -2.21. The first-order valence-corrected chi connectivity index (χ1v) is 7.68. The Morgan fingerprint density at radius 3 is 2.18 bits per heavy atom. The molecule has 0 bridgehead atoms. The second-order valence-electron chi connectivity index (χ2n) is 4.59. The second-order valence-corrected chi connectivity index (χ2v) is 10.2. The third-order valence-electron chi connectivity index (χ3n) is 1.65. The maximum absolute atomic E-state index is 8.63. The zero-order valence-electron chi connectivity index (χ0n) is 7.94. The zero-order chi connectivity index (χ0) is 9.12. The first kappa shape index (κ1) is 10.7. The van der Waals surface area contributed by atoms with Crippen LogP contribution in [0.4, 0.5) is 0 Å². The molecule has 0 radical (unpaired) electrons. The van der Waals surface area contributed by atoms with Crippen molar-refractivity contribution in [3.63, 3.8) is 0 Å². The SMILES string of the molecule is C[C@](N)(C#N)CC[Si](C)(C)C. The van der Waals surface area contributed by atoms with E-state index in [0.29, 0.717) is 0 Å². The molecule has 64 valence electrons. The van der Waals surface area contributed by atoms with Crippen molar-refractivity contribution in [3.05, 3.63) is 0 Å². The Morgan fingerprint density at radius 2 is 1.91 bits per heavy atom. The standard InChI is InChI=1S/C8H18N2Si/c1-8(10,7-9)5-6-11(2,3)4/h5-6,10H2,1-4H3/t8-/m1/s1. The number of hydrogen-bond acceptors (Lipinski definition) is 2. The Kier molecular flexibility index (Phi) is 3.27. The number of rotatable bonds is 3. The third kappa shape index (κ3) is 6.08. The van der Waals surface area contributed by atoms with Crippen molar-refractivity contribution in [2.24, 2.45) is 5.73 Å². The minimum absolute atomic E-state index is 0.611. The van der Waals surface area contributed by atoms with Crippen molar-refractivity contribution in [1.82, 2.24) is 0 Å². The third-order valence-corrected chi connectivity index (χ3v) is 3.40. The number of nitriles is 1. The topological polar surface area (TPSA) is 49.8 Å². The van der Waals surface area contributed by atoms with E-state index in [1.165, 1.54) is 0 Å². The average Bonchev–Trinajstić information content (AvgIpc) is 1.83. The van der Waals surface area contributed by atoms with Gasteiger partial charge in [0.2, 0.25) is 0 Å². The van der Waals surface area contributed by atoms with Crippen LogP contribution in [0.3, 0.4) is 0 Å². The Balaban J connectivity index is 3.83. The van der Waals surface area contributed by atoms with Crippen molar-refractivity contribution in [2.75, 3.05) is 0 Å². The molecule has 0 aromatic rings. The van der Waals surface area contributed by atoms with Crippen LogP contribution >= 0.6 is 0 Å². The van der Waals surface area contributed by atoms with Gasteiger partial charge in [-0.3, -0.25) is 0 Å². The molecule has 0 saturated heterocycles. The van der Waals surface area contributed by atoms with Gasteiger partial charge in [-0.2, -0.15) is 5.26 Å². The molecule has 0 unspecified atom stereocenters. The number of hydrogen-bond donors (Lipinski definition) is 1. The van der Waals surface area contributed by atoms with Gasteiger partial charge >= 0.3 is 0 Å². The van der Waals surface area contributed by atoms with Gasteiger partial charge < -0.3 is 5.73 Å². The van der Waals surface area contributed by atoms with Gasteiger partial charge in [-0.1, -0.05) is 25.7 Å². The van der Waals surface area contributed by atoms with Crippen molar-refractivity contribution in [2.45, 2.75) is 44.6 Å². The fourth-order valence-corrected chi connectivity index (χ4v) is 1.96. The predicted molar refractivity (Wildman–Crippen MR) is 51.0 cm³/mol. The molecule has 0 aromatic carbocycles. The monoisotopic (exact) mass is 170 g/mol. The molecule has 0 saturated carbocycles. The number of nitrogens with zero attached hydrogens (tertiary/aromatic N) is 1. The zero-order valence-corrected chi connectivity index (χ0v) is 8.94. The van der Waals surface area contributed by atoms with Gasteiger partial charge in [-0.15, -0.1) is 0 Å². The predicted octanol–water partition coefficient (Wildman–Crippen LogP) is 1.96. The highest BCUT2D eigenvalue weighted by Gasteiger charge is 2.21. The minimum atomic E-state index is -1.01. The molecular weight excluding hydrogens is 152 g/mol. The molecule has 11 heavy (non-hydrogen) atoms. The summed E-state index contributed by atoms with van der Waals surface area (Å²) >= 11 is 0. The Bertz CT molecular complexity index is 162. The largest absolute Gasteiger partial charge is 0.314 e. The molecule has 0 rings (SSSR count). The summed E-state index contributed by atoms with van der Waals surface area (Å²) in [7, 11) is -1.01. The van der Waals surface area contributed by atoms with Crippen LogP contribution in [0.25, 0.3) is 0 Å². The fraction of sp³-hybridized carbons (Fsp3) is 0.875. The molecular formula is C8H18N2Si. The van der Waals surface area contributed by atoms with E-state index in [1.54, 1.807) is 6.92 Å². The van der Waals surface area contributed by atoms with Crippen LogP contribution in [0.15, 0.2) is 0 Å². The average molecular weight is 170 g/mol. The van der Waals surface area contributed by atoms with Gasteiger partial charge in [0.15, 0.2) is 0 Å². The maximum atomic E-state index is 8.63. The lowest BCUT2D eigenvalue weighted by molar-refractivity contribution is 0.574. The van der Waals surface area contributed by atoms with Crippen LogP contribution < -0.4 is 5.73 Å². The summed E-state index contributed by atoms with van der Waals surface area (Å²) in [5.41, 5.74) is 5.07. The normalized spacial score (nSPS) is 17.1. The molecule has 0 amide bonds. The molecule has 3 heteroatoms. The molecule has 0 heterocycles. The summed E-state index contributed by atoms with van der Waals surface area (Å²) in [6.07, 6.45) is 0.833. The minimum Gasteiger partial charge on any atom is -0.314 e. The Labute approximate surface area is 70.4 Å². The quantitative estimate of drug-likeness (QED) is 0.658. The van der Waals surface area contributed by atoms with Crippen LogP contribution in [0.5, 0.6) is 0 Å². The molecule has 2 N–H and O–H groups in total. The molecule has 2 nitrogen and oxygen atoms in total. The summed E-state index contributed by atoms with van der Waals surface area (Å²) in [4.78, 5) is 0. The van der Waals surface area contributed by atoms with E-state index >= 15 is 0 Å². The van der Waals surface area contributed by atoms with Crippen molar-refractivity contribution < 1.29 is 0 Å². The van der Waals surface area contributed by atoms with Crippen LogP contribution in [0.2, 0.25) is 25.7 Å². The first-order valence-electron chi connectivity index (χ1n) is 3.97. The second kappa shape index (κ2) is 3.38. The van der Waals surface area contributed by atoms with Crippen LogP contribution in [0.1, 0.15) is 13.3 Å². The van der Waals surface area contributed by atoms with Crippen molar-refractivity contribution in [1.29, 1.82) is 5.26 Å². The van der Waals surface area contributed by atoms with Gasteiger partial charge in [0.25, 0.3) is 0 Å². The van der Waals surface area contributed by atoms with Crippen LogP contribution in [-0.4, -0.2) is 13.6 Å². The lowest BCUT2D eigenvalue weighted by atomic mass is 10.0. The van der Waals surface area contributed by atoms with E-state index in [1.807, 2.05) is 0 Å². The Morgan fingerprint density at radius 1 is 1.45 bits per heavy atom. The highest BCUT2D eigenvalue weighted by atomic mass is 28.3. The van der Waals surface area contributed by atoms with E-state index < -0.39 is 13.6 Å². The van der Waals surface area contributed by atoms with Crippen LogP contribution in [-0.2, 0) is 0 Å². The molecule has 0 aliphatic carbocycles. The fourth-order valence-electron chi connectivity index (χ4n) is 0.691. The van der Waals surface area contributed by atoms with E-state index in [0.717, 1.165) is 12.5 Å². The van der Waals surface area contributed by atoms with Gasteiger partial charge in [0, 0.05) is 8.07 Å². The van der Waals surface area contributed by atoms with E-state index in [-0.39, 0.29) is 0 Å². The molecule has 0 aliphatic heterocycles. The summed E-state index contributed by atoms with van der Waals surface area (Å²) in [6, 6.07) is 3.25. The molecule has 1 atom stereocenters. The molecule has 0 aromatic heterocycles. The van der Waals surface area contributed by atoms with E-state index in [2.05, 4.69) is 25.7 Å². The van der Waals surface area contributed by atoms with E-state index in [4.69, 9.17) is 11.0 Å².